The van der Waals surface area contributed by atoms with Gasteiger partial charge in [0, 0.05) is 18.9 Å². The number of hydrogen-bond acceptors (Lipinski definition) is 4. The highest BCUT2D eigenvalue weighted by Crippen LogP contribution is 2.28. The number of carbonyl (C=O) groups is 1. The van der Waals surface area contributed by atoms with Crippen molar-refractivity contribution in [2.45, 2.75) is 6.54 Å². The van der Waals surface area contributed by atoms with Crippen molar-refractivity contribution >= 4 is 6.29 Å². The molecule has 0 amide bonds. The zero-order valence-corrected chi connectivity index (χ0v) is 11.3. The molecule has 1 aromatic carbocycles. The Hall–Kier alpha value is -2.21. The molecule has 6 heteroatoms. The molecule has 0 saturated heterocycles. The Kier molecular flexibility index (Phi) is 4.47. The van der Waals surface area contributed by atoms with Crippen LogP contribution in [0, 0.1) is 5.82 Å². The van der Waals surface area contributed by atoms with Crippen LogP contribution in [0.2, 0.25) is 0 Å². The van der Waals surface area contributed by atoms with Crippen molar-refractivity contribution in [2.24, 2.45) is 0 Å². The van der Waals surface area contributed by atoms with Crippen LogP contribution in [0.1, 0.15) is 10.4 Å². The number of halogens is 1. The lowest BCUT2D eigenvalue weighted by Gasteiger charge is -2.07. The highest BCUT2D eigenvalue weighted by atomic mass is 19.1. The Bertz CT molecular complexity index is 610. The van der Waals surface area contributed by atoms with Gasteiger partial charge in [-0.2, -0.15) is 5.10 Å². The molecule has 1 aromatic heterocycles. The van der Waals surface area contributed by atoms with Crippen LogP contribution in [0.15, 0.2) is 24.4 Å². The number of benzene rings is 1. The van der Waals surface area contributed by atoms with Crippen molar-refractivity contribution in [3.63, 3.8) is 0 Å². The second-order valence-electron chi connectivity index (χ2n) is 4.16. The van der Waals surface area contributed by atoms with Gasteiger partial charge in [0.25, 0.3) is 0 Å². The molecule has 1 heterocycles. The summed E-state index contributed by atoms with van der Waals surface area (Å²) >= 11 is 0. The molecule has 0 fully saturated rings. The first-order valence-electron chi connectivity index (χ1n) is 6.05. The van der Waals surface area contributed by atoms with Gasteiger partial charge in [-0.1, -0.05) is 0 Å². The van der Waals surface area contributed by atoms with Gasteiger partial charge >= 0.3 is 0 Å². The molecule has 2 aromatic rings. The molecule has 0 aliphatic carbocycles. The zero-order chi connectivity index (χ0) is 14.5. The van der Waals surface area contributed by atoms with E-state index in [4.69, 9.17) is 9.47 Å². The minimum atomic E-state index is -0.585. The number of hydrogen-bond donors (Lipinski definition) is 0. The van der Waals surface area contributed by atoms with Crippen LogP contribution < -0.4 is 4.74 Å². The fourth-order valence-electron chi connectivity index (χ4n) is 1.89. The Morgan fingerprint density at radius 2 is 2.20 bits per heavy atom. The van der Waals surface area contributed by atoms with Crippen LogP contribution >= 0.6 is 0 Å². The molecule has 106 valence electrons. The molecule has 20 heavy (non-hydrogen) atoms. The number of methoxy groups -OCH3 is 2. The molecule has 0 N–H and O–H groups in total. The van der Waals surface area contributed by atoms with Gasteiger partial charge in [-0.3, -0.25) is 9.48 Å². The maximum atomic E-state index is 13.9. The zero-order valence-electron chi connectivity index (χ0n) is 11.3. The summed E-state index contributed by atoms with van der Waals surface area (Å²) in [4.78, 5) is 11.0. The van der Waals surface area contributed by atoms with Crippen LogP contribution in [0.25, 0.3) is 11.3 Å². The predicted molar refractivity (Wildman–Crippen MR) is 71.4 cm³/mol. The molecule has 0 aliphatic rings. The minimum Gasteiger partial charge on any atom is -0.493 e. The van der Waals surface area contributed by atoms with Crippen molar-refractivity contribution in [3.05, 3.63) is 35.8 Å². The Balaban J connectivity index is 2.35. The van der Waals surface area contributed by atoms with Gasteiger partial charge in [-0.05, 0) is 18.2 Å². The maximum absolute atomic E-state index is 13.9. The van der Waals surface area contributed by atoms with Crippen molar-refractivity contribution in [3.8, 4) is 17.0 Å². The van der Waals surface area contributed by atoms with Gasteiger partial charge in [0.1, 0.15) is 0 Å². The standard InChI is InChI=1S/C14H15FN2O3/c1-19-6-5-17-4-3-13(16-17)10-7-11(9-18)14(20-2)12(15)8-10/h3-4,7-9H,5-6H2,1-2H3. The highest BCUT2D eigenvalue weighted by molar-refractivity contribution is 5.82. The minimum absolute atomic E-state index is 0.0532. The molecule has 0 radical (unpaired) electrons. The first-order chi connectivity index (χ1) is 9.69. The number of ether oxygens (including phenoxy) is 2. The third-order valence-electron chi connectivity index (χ3n) is 2.86. The van der Waals surface area contributed by atoms with Crippen molar-refractivity contribution < 1.29 is 18.7 Å². The van der Waals surface area contributed by atoms with E-state index in [1.807, 2.05) is 0 Å². The van der Waals surface area contributed by atoms with Gasteiger partial charge in [0.05, 0.1) is 31.5 Å². The van der Waals surface area contributed by atoms with Crippen LogP contribution in [0.5, 0.6) is 5.75 Å². The summed E-state index contributed by atoms with van der Waals surface area (Å²) in [7, 11) is 2.93. The summed E-state index contributed by atoms with van der Waals surface area (Å²) < 4.78 is 25.4. The predicted octanol–water partition coefficient (Wildman–Crippen LogP) is 2.16. The second-order valence-corrected chi connectivity index (χ2v) is 4.16. The van der Waals surface area contributed by atoms with Gasteiger partial charge in [0.2, 0.25) is 0 Å². The smallest absolute Gasteiger partial charge is 0.166 e. The first kappa shape index (κ1) is 14.2. The molecule has 0 saturated carbocycles. The molecule has 0 aliphatic heterocycles. The van der Waals surface area contributed by atoms with E-state index in [9.17, 15) is 9.18 Å². The van der Waals surface area contributed by atoms with E-state index >= 15 is 0 Å². The molecule has 0 atom stereocenters. The molecular formula is C14H15FN2O3. The van der Waals surface area contributed by atoms with E-state index in [2.05, 4.69) is 5.10 Å². The average molecular weight is 278 g/mol. The Morgan fingerprint density at radius 1 is 1.40 bits per heavy atom. The Labute approximate surface area is 115 Å². The lowest BCUT2D eigenvalue weighted by Crippen LogP contribution is -2.04. The summed E-state index contributed by atoms with van der Waals surface area (Å²) in [6.45, 7) is 1.15. The fourth-order valence-corrected chi connectivity index (χ4v) is 1.89. The SMILES string of the molecule is COCCn1ccc(-c2cc(F)c(OC)c(C=O)c2)n1. The quantitative estimate of drug-likeness (QED) is 0.760. The van der Waals surface area contributed by atoms with Gasteiger partial charge < -0.3 is 9.47 Å². The van der Waals surface area contributed by atoms with Crippen LogP contribution in [0.4, 0.5) is 4.39 Å². The normalized spacial score (nSPS) is 10.6. The topological polar surface area (TPSA) is 53.4 Å². The summed E-state index contributed by atoms with van der Waals surface area (Å²) in [5, 5.41) is 4.30. The maximum Gasteiger partial charge on any atom is 0.166 e. The summed E-state index contributed by atoms with van der Waals surface area (Å²) in [5.74, 6) is -0.638. The fraction of sp³-hybridized carbons (Fsp3) is 0.286. The molecule has 2 rings (SSSR count). The van der Waals surface area contributed by atoms with Crippen molar-refractivity contribution in [1.82, 2.24) is 9.78 Å². The van der Waals surface area contributed by atoms with E-state index in [1.165, 1.54) is 13.2 Å². The van der Waals surface area contributed by atoms with Crippen LogP contribution in [-0.4, -0.2) is 36.9 Å². The van der Waals surface area contributed by atoms with E-state index in [0.29, 0.717) is 30.7 Å². The number of carbonyl (C=O) groups excluding carboxylic acids is 1. The lowest BCUT2D eigenvalue weighted by atomic mass is 10.1. The van der Waals surface area contributed by atoms with Crippen molar-refractivity contribution in [1.29, 1.82) is 0 Å². The Morgan fingerprint density at radius 3 is 2.85 bits per heavy atom. The number of aromatic nitrogens is 2. The van der Waals surface area contributed by atoms with Crippen molar-refractivity contribution in [2.75, 3.05) is 20.8 Å². The molecule has 0 bridgehead atoms. The van der Waals surface area contributed by atoms with Crippen LogP contribution in [-0.2, 0) is 11.3 Å². The van der Waals surface area contributed by atoms with Gasteiger partial charge in [0.15, 0.2) is 17.9 Å². The number of rotatable bonds is 6. The monoisotopic (exact) mass is 278 g/mol. The van der Waals surface area contributed by atoms with Crippen LogP contribution in [0.3, 0.4) is 0 Å². The number of aldehydes is 1. The summed E-state index contributed by atoms with van der Waals surface area (Å²) in [6, 6.07) is 4.61. The molecule has 0 unspecified atom stereocenters. The van der Waals surface area contributed by atoms with Gasteiger partial charge in [-0.25, -0.2) is 4.39 Å². The van der Waals surface area contributed by atoms with E-state index in [-0.39, 0.29) is 11.3 Å². The summed E-state index contributed by atoms with van der Waals surface area (Å²) in [6.07, 6.45) is 2.34. The molecule has 5 nitrogen and oxygen atoms in total. The third kappa shape index (κ3) is 2.85. The van der Waals surface area contributed by atoms with E-state index < -0.39 is 5.82 Å². The number of nitrogens with zero attached hydrogens (tertiary/aromatic N) is 2. The summed E-state index contributed by atoms with van der Waals surface area (Å²) in [5.41, 5.74) is 1.28. The first-order valence-corrected chi connectivity index (χ1v) is 6.05. The van der Waals surface area contributed by atoms with Gasteiger partial charge in [-0.15, -0.1) is 0 Å². The van der Waals surface area contributed by atoms with E-state index in [1.54, 1.807) is 30.1 Å². The largest absolute Gasteiger partial charge is 0.493 e. The van der Waals surface area contributed by atoms with E-state index in [0.717, 1.165) is 0 Å². The average Bonchev–Trinajstić information content (AvgIpc) is 2.93. The molecule has 0 spiro atoms. The highest BCUT2D eigenvalue weighted by Gasteiger charge is 2.13. The third-order valence-corrected chi connectivity index (χ3v) is 2.86. The lowest BCUT2D eigenvalue weighted by molar-refractivity contribution is 0.112. The second kappa shape index (κ2) is 6.29. The molecular weight excluding hydrogens is 263 g/mol.